The lowest BCUT2D eigenvalue weighted by atomic mass is 9.54. The first-order valence-corrected chi connectivity index (χ1v) is 17.1. The third kappa shape index (κ3) is 4.49. The van der Waals surface area contributed by atoms with Crippen LogP contribution in [-0.4, -0.2) is 44.9 Å². The molecule has 2 aliphatic carbocycles. The lowest BCUT2D eigenvalue weighted by Gasteiger charge is -2.55. The summed E-state index contributed by atoms with van der Waals surface area (Å²) in [4.78, 5) is 41.9. The summed E-state index contributed by atoms with van der Waals surface area (Å²) in [5, 5.41) is -0.173. The van der Waals surface area contributed by atoms with Crippen LogP contribution in [0.2, 0.25) is 18.1 Å². The monoisotopic (exact) mass is 564 g/mol. The van der Waals surface area contributed by atoms with Gasteiger partial charge in [0.2, 0.25) is 0 Å². The van der Waals surface area contributed by atoms with Crippen molar-refractivity contribution in [1.82, 2.24) is 0 Å². The fourth-order valence-corrected chi connectivity index (χ4v) is 7.85. The molecule has 0 N–H and O–H groups in total. The molecule has 5 rings (SSSR count). The summed E-state index contributed by atoms with van der Waals surface area (Å²) in [6.45, 7) is 10.5. The van der Waals surface area contributed by atoms with E-state index in [1.165, 1.54) is 7.11 Å². The molecule has 1 aliphatic heterocycles. The van der Waals surface area contributed by atoms with Crippen molar-refractivity contribution in [3.63, 3.8) is 0 Å². The number of ether oxygens (including phenoxy) is 3. The summed E-state index contributed by atoms with van der Waals surface area (Å²) in [5.74, 6) is -3.98. The average molecular weight is 565 g/mol. The first-order chi connectivity index (χ1) is 18.9. The zero-order valence-electron chi connectivity index (χ0n) is 24.3. The Morgan fingerprint density at radius 2 is 1.43 bits per heavy atom. The van der Waals surface area contributed by atoms with Crippen molar-refractivity contribution in [2.45, 2.75) is 88.7 Å². The molecule has 2 aromatic rings. The molecule has 2 saturated carbocycles. The number of rotatable bonds is 5. The van der Waals surface area contributed by atoms with Crippen LogP contribution in [0.3, 0.4) is 0 Å². The summed E-state index contributed by atoms with van der Waals surface area (Å²) in [5.41, 5.74) is -0.0535. The van der Waals surface area contributed by atoms with Gasteiger partial charge in [-0.25, -0.2) is 0 Å². The van der Waals surface area contributed by atoms with E-state index < -0.39 is 49.7 Å². The van der Waals surface area contributed by atoms with Crippen molar-refractivity contribution in [2.75, 3.05) is 7.11 Å². The fraction of sp³-hybridized carbons (Fsp3) is 0.531. The first-order valence-electron chi connectivity index (χ1n) is 14.1. The molecule has 0 amide bonds. The normalized spacial score (nSPS) is 30.2. The third-order valence-corrected chi connectivity index (χ3v) is 14.0. The molecular weight excluding hydrogens is 524 g/mol. The molecule has 3 aliphatic rings. The second-order valence-corrected chi connectivity index (χ2v) is 17.6. The molecule has 1 spiro atoms. The minimum Gasteiger partial charge on any atom is -0.468 e. The van der Waals surface area contributed by atoms with Gasteiger partial charge < -0.3 is 18.6 Å². The summed E-state index contributed by atoms with van der Waals surface area (Å²) in [7, 11) is -1.20. The number of Topliss-reactive ketones (excluding diaryl/α,β-unsaturated/α-hetero) is 2. The number of benzene rings is 2. The molecule has 40 heavy (non-hydrogen) atoms. The van der Waals surface area contributed by atoms with Gasteiger partial charge >= 0.3 is 5.97 Å². The Hall–Kier alpha value is -2.65. The van der Waals surface area contributed by atoms with Crippen LogP contribution in [0, 0.1) is 11.3 Å². The molecule has 1 heterocycles. The molecule has 3 fully saturated rings. The summed E-state index contributed by atoms with van der Waals surface area (Å²) in [6, 6.07) is 19.5. The van der Waals surface area contributed by atoms with Gasteiger partial charge in [-0.05, 0) is 35.7 Å². The van der Waals surface area contributed by atoms with E-state index in [2.05, 4.69) is 33.9 Å². The van der Waals surface area contributed by atoms with Crippen molar-refractivity contribution in [2.24, 2.45) is 11.3 Å². The smallest absolute Gasteiger partial charge is 0.322 e. The van der Waals surface area contributed by atoms with Gasteiger partial charge in [-0.15, -0.1) is 0 Å². The second-order valence-electron chi connectivity index (χ2n) is 12.8. The minimum atomic E-state index is -2.46. The molecule has 5 atom stereocenters. The van der Waals surface area contributed by atoms with E-state index in [0.29, 0.717) is 0 Å². The Balaban J connectivity index is 1.66. The predicted octanol–water partition coefficient (Wildman–Crippen LogP) is 6.10. The SMILES string of the molecule is COC(=O)[C@@]12C(=O)CCC3(O[C@@H](c4ccccc4)[C@H](c4ccccc4)O3)[C@@H]1C(=O)CC[C@H]2O[Si](C)(C)C(C)(C)C. The largest absolute Gasteiger partial charge is 0.468 e. The third-order valence-electron chi connectivity index (χ3n) is 9.49. The van der Waals surface area contributed by atoms with Crippen LogP contribution in [0.4, 0.5) is 0 Å². The molecule has 0 aromatic heterocycles. The van der Waals surface area contributed by atoms with E-state index in [0.717, 1.165) is 11.1 Å². The number of methoxy groups -OCH3 is 1. The van der Waals surface area contributed by atoms with Crippen molar-refractivity contribution in [3.05, 3.63) is 71.8 Å². The van der Waals surface area contributed by atoms with E-state index in [9.17, 15) is 14.4 Å². The van der Waals surface area contributed by atoms with Crippen LogP contribution in [0.15, 0.2) is 60.7 Å². The van der Waals surface area contributed by atoms with Gasteiger partial charge in [0.15, 0.2) is 25.3 Å². The molecule has 0 radical (unpaired) electrons. The number of hydrogen-bond acceptors (Lipinski definition) is 7. The van der Waals surface area contributed by atoms with Gasteiger partial charge in [-0.2, -0.15) is 0 Å². The number of fused-ring (bicyclic) bond motifs is 2. The van der Waals surface area contributed by atoms with Crippen molar-refractivity contribution >= 4 is 25.9 Å². The molecule has 0 bridgehead atoms. The highest BCUT2D eigenvalue weighted by molar-refractivity contribution is 6.74. The summed E-state index contributed by atoms with van der Waals surface area (Å²) >= 11 is 0. The Morgan fingerprint density at radius 3 is 1.90 bits per heavy atom. The Labute approximate surface area is 237 Å². The van der Waals surface area contributed by atoms with Crippen LogP contribution in [0.5, 0.6) is 0 Å². The van der Waals surface area contributed by atoms with Gasteiger partial charge in [0.1, 0.15) is 18.0 Å². The lowest BCUT2D eigenvalue weighted by molar-refractivity contribution is -0.261. The maximum atomic E-state index is 14.1. The molecular formula is C32H40O7Si. The van der Waals surface area contributed by atoms with E-state index in [1.54, 1.807) is 0 Å². The van der Waals surface area contributed by atoms with E-state index in [1.807, 2.05) is 60.7 Å². The zero-order valence-corrected chi connectivity index (χ0v) is 25.3. The van der Waals surface area contributed by atoms with Crippen molar-refractivity contribution < 1.29 is 33.0 Å². The Bertz CT molecular complexity index is 1210. The standard InChI is InChI=1S/C32H40O7Si/c1-30(2,3)40(5,6)39-25-18-17-23(33)28-31(20-19-24(34)32(25,28)29(35)36-4)37-26(21-13-9-7-10-14-21)27(38-31)22-15-11-8-12-16-22/h7-16,25-28H,17-20H2,1-6H3/t25-,26+,27+,28+,32-/m1/s1. The Kier molecular flexibility index (Phi) is 7.44. The van der Waals surface area contributed by atoms with Gasteiger partial charge in [-0.3, -0.25) is 14.4 Å². The minimum absolute atomic E-state index is 0.0132. The number of carbonyl (C=O) groups is 3. The number of carbonyl (C=O) groups excluding carboxylic acids is 3. The quantitative estimate of drug-likeness (QED) is 0.246. The van der Waals surface area contributed by atoms with Crippen molar-refractivity contribution in [3.8, 4) is 0 Å². The van der Waals surface area contributed by atoms with Crippen LogP contribution >= 0.6 is 0 Å². The highest BCUT2D eigenvalue weighted by Crippen LogP contribution is 2.61. The van der Waals surface area contributed by atoms with E-state index in [4.69, 9.17) is 18.6 Å². The van der Waals surface area contributed by atoms with Crippen molar-refractivity contribution in [1.29, 1.82) is 0 Å². The average Bonchev–Trinajstić information content (AvgIpc) is 3.32. The number of esters is 1. The summed E-state index contributed by atoms with van der Waals surface area (Å²) < 4.78 is 25.9. The summed E-state index contributed by atoms with van der Waals surface area (Å²) in [6.07, 6.45) is -1.28. The molecule has 214 valence electrons. The van der Waals surface area contributed by atoms with Crippen LogP contribution in [0.1, 0.15) is 69.8 Å². The van der Waals surface area contributed by atoms with Gasteiger partial charge in [0.05, 0.1) is 19.1 Å². The van der Waals surface area contributed by atoms with E-state index >= 15 is 0 Å². The second kappa shape index (κ2) is 10.3. The highest BCUT2D eigenvalue weighted by atomic mass is 28.4. The topological polar surface area (TPSA) is 88.1 Å². The van der Waals surface area contributed by atoms with Crippen LogP contribution < -0.4 is 0 Å². The van der Waals surface area contributed by atoms with Gasteiger partial charge in [0.25, 0.3) is 0 Å². The molecule has 7 nitrogen and oxygen atoms in total. The lowest BCUT2D eigenvalue weighted by Crippen LogP contribution is -2.70. The first kappa shape index (κ1) is 28.9. The fourth-order valence-electron chi connectivity index (χ4n) is 6.48. The maximum Gasteiger partial charge on any atom is 0.322 e. The predicted molar refractivity (Wildman–Crippen MR) is 152 cm³/mol. The van der Waals surface area contributed by atoms with Crippen LogP contribution in [-0.2, 0) is 33.0 Å². The molecule has 1 saturated heterocycles. The highest BCUT2D eigenvalue weighted by Gasteiger charge is 2.74. The molecule has 8 heteroatoms. The van der Waals surface area contributed by atoms with Crippen LogP contribution in [0.25, 0.3) is 0 Å². The molecule has 2 aromatic carbocycles. The zero-order chi connectivity index (χ0) is 28.9. The van der Waals surface area contributed by atoms with Gasteiger partial charge in [-0.1, -0.05) is 81.4 Å². The van der Waals surface area contributed by atoms with Gasteiger partial charge in [0, 0.05) is 19.3 Å². The number of hydrogen-bond donors (Lipinski definition) is 0. The number of ketones is 2. The maximum absolute atomic E-state index is 14.1. The Morgan fingerprint density at radius 1 is 0.900 bits per heavy atom. The van der Waals surface area contributed by atoms with E-state index in [-0.39, 0.29) is 42.3 Å². The molecule has 0 unspecified atom stereocenters.